The summed E-state index contributed by atoms with van der Waals surface area (Å²) in [7, 11) is 2.15. The number of anilines is 2. The van der Waals surface area contributed by atoms with Crippen LogP contribution in [0.3, 0.4) is 0 Å². The molecule has 1 fully saturated rings. The van der Waals surface area contributed by atoms with Crippen molar-refractivity contribution in [3.63, 3.8) is 0 Å². The monoisotopic (exact) mass is 604 g/mol. The molecule has 2 aliphatic rings. The second kappa shape index (κ2) is 12.6. The van der Waals surface area contributed by atoms with E-state index in [0.717, 1.165) is 78.7 Å². The van der Waals surface area contributed by atoms with E-state index in [9.17, 15) is 9.59 Å². The summed E-state index contributed by atoms with van der Waals surface area (Å²) >= 11 is 0. The maximum atomic E-state index is 13.7. The third kappa shape index (κ3) is 6.72. The molecule has 3 aromatic carbocycles. The van der Waals surface area contributed by atoms with E-state index < -0.39 is 0 Å². The third-order valence-electron chi connectivity index (χ3n) is 9.26. The number of piperazine rings is 1. The second-order valence-corrected chi connectivity index (χ2v) is 13.6. The van der Waals surface area contributed by atoms with Crippen LogP contribution in [0.1, 0.15) is 50.3 Å². The van der Waals surface area contributed by atoms with Crippen molar-refractivity contribution < 1.29 is 9.59 Å². The average Bonchev–Trinajstić information content (AvgIpc) is 3.46. The molecule has 0 saturated carbocycles. The maximum Gasteiger partial charge on any atom is 0.324 e. The zero-order chi connectivity index (χ0) is 31.7. The quantitative estimate of drug-likeness (QED) is 0.251. The average molecular weight is 605 g/mol. The molecule has 234 valence electrons. The van der Waals surface area contributed by atoms with E-state index in [1.807, 2.05) is 43.3 Å². The number of benzene rings is 3. The van der Waals surface area contributed by atoms with Gasteiger partial charge in [0.1, 0.15) is 5.82 Å². The number of nitrogens with one attached hydrogen (secondary N) is 2. The number of nitrogens with zero attached hydrogens (tertiary/aromatic N) is 4. The minimum atomic E-state index is -0.366. The van der Waals surface area contributed by atoms with E-state index in [2.05, 4.69) is 77.6 Å². The van der Waals surface area contributed by atoms with Crippen molar-refractivity contribution in [3.05, 3.63) is 89.6 Å². The number of hydrogen-bond donors (Lipinski definition) is 2. The second-order valence-electron chi connectivity index (χ2n) is 13.6. The number of hydrogen-bond acceptors (Lipinski definition) is 5. The highest BCUT2D eigenvalue weighted by Crippen LogP contribution is 2.37. The van der Waals surface area contributed by atoms with Crippen LogP contribution in [0.15, 0.2) is 72.9 Å². The van der Waals surface area contributed by atoms with E-state index in [-0.39, 0.29) is 23.1 Å². The van der Waals surface area contributed by atoms with Gasteiger partial charge in [0.25, 0.3) is 0 Å². The summed E-state index contributed by atoms with van der Waals surface area (Å²) in [4.78, 5) is 31.8. The fraction of sp³-hybridized carbons (Fsp3) is 0.378. The lowest BCUT2D eigenvalue weighted by Gasteiger charge is -2.35. The number of carbonyl (C=O) groups excluding carboxylic acids is 2. The Kier molecular flexibility index (Phi) is 8.62. The van der Waals surface area contributed by atoms with Crippen LogP contribution in [0.25, 0.3) is 22.0 Å². The number of likely N-dealkylation sites (N-methyl/N-ethyl adjacent to an activating group) is 1. The Labute approximate surface area is 266 Å². The van der Waals surface area contributed by atoms with Crippen LogP contribution < -0.4 is 10.6 Å². The fourth-order valence-electron chi connectivity index (χ4n) is 6.40. The summed E-state index contributed by atoms with van der Waals surface area (Å²) in [5, 5.41) is 12.7. The summed E-state index contributed by atoms with van der Waals surface area (Å²) in [6.07, 6.45) is 5.10. The molecule has 1 aliphatic carbocycles. The number of amides is 2. The molecule has 8 heteroatoms. The largest absolute Gasteiger partial charge is 0.324 e. The van der Waals surface area contributed by atoms with Gasteiger partial charge in [-0.2, -0.15) is 5.10 Å². The van der Waals surface area contributed by atoms with Crippen molar-refractivity contribution in [2.45, 2.75) is 46.0 Å². The molecule has 8 nitrogen and oxygen atoms in total. The molecule has 1 aromatic heterocycles. The maximum absolute atomic E-state index is 13.7. The lowest BCUT2D eigenvalue weighted by molar-refractivity contribution is -0.119. The van der Waals surface area contributed by atoms with Crippen molar-refractivity contribution in [2.75, 3.05) is 50.4 Å². The number of urea groups is 1. The molecule has 6 rings (SSSR count). The van der Waals surface area contributed by atoms with Crippen LogP contribution in [0.2, 0.25) is 0 Å². The first-order valence-electron chi connectivity index (χ1n) is 16.0. The molecule has 2 heterocycles. The number of fused-ring (bicyclic) bond motifs is 1. The smallest absolute Gasteiger partial charge is 0.306 e. The summed E-state index contributed by atoms with van der Waals surface area (Å²) in [6, 6.07) is 19.9. The summed E-state index contributed by atoms with van der Waals surface area (Å²) in [6.45, 7) is 13.5. The molecule has 1 aliphatic heterocycles. The van der Waals surface area contributed by atoms with Gasteiger partial charge in [0, 0.05) is 55.7 Å². The summed E-state index contributed by atoms with van der Waals surface area (Å²) in [5.74, 6) is 0.760. The van der Waals surface area contributed by atoms with Crippen molar-refractivity contribution in [1.29, 1.82) is 0 Å². The first kappa shape index (κ1) is 30.7. The minimum absolute atomic E-state index is 0.0119. The lowest BCUT2D eigenvalue weighted by atomic mass is 9.84. The van der Waals surface area contributed by atoms with Gasteiger partial charge in [-0.05, 0) is 66.5 Å². The molecule has 0 bridgehead atoms. The highest BCUT2D eigenvalue weighted by molar-refractivity contribution is 6.11. The Bertz CT molecular complexity index is 1760. The van der Waals surface area contributed by atoms with Gasteiger partial charge in [-0.15, -0.1) is 0 Å². The zero-order valence-electron chi connectivity index (χ0n) is 27.1. The third-order valence-corrected chi connectivity index (χ3v) is 9.26. The Morgan fingerprint density at radius 3 is 2.51 bits per heavy atom. The number of ketones is 1. The lowest BCUT2D eigenvalue weighted by Crippen LogP contribution is -2.47. The van der Waals surface area contributed by atoms with E-state index in [1.54, 1.807) is 16.9 Å². The molecule has 1 unspecified atom stereocenters. The SMILES string of the molecule is Cc1ccc(C(C)(C)C)cc1-n1nccc1NC(=O)Nc1c(C2=CC(=O)C(CN3CCN(C)CC3)CC2)ccc2ccccc12. The molecular weight excluding hydrogens is 560 g/mol. The topological polar surface area (TPSA) is 82.5 Å². The molecule has 2 amide bonds. The van der Waals surface area contributed by atoms with Crippen LogP contribution >= 0.6 is 0 Å². The number of carbonyl (C=O) groups is 2. The number of rotatable bonds is 6. The van der Waals surface area contributed by atoms with E-state index in [0.29, 0.717) is 11.5 Å². The summed E-state index contributed by atoms with van der Waals surface area (Å²) in [5.41, 5.74) is 5.71. The molecular formula is C37H44N6O2. The van der Waals surface area contributed by atoms with Crippen molar-refractivity contribution in [3.8, 4) is 5.69 Å². The van der Waals surface area contributed by atoms with Crippen molar-refractivity contribution >= 4 is 39.7 Å². The minimum Gasteiger partial charge on any atom is -0.306 e. The molecule has 0 spiro atoms. The van der Waals surface area contributed by atoms with E-state index in [1.165, 1.54) is 5.56 Å². The fourth-order valence-corrected chi connectivity index (χ4v) is 6.40. The van der Waals surface area contributed by atoms with Gasteiger partial charge < -0.3 is 15.1 Å². The van der Waals surface area contributed by atoms with Crippen LogP contribution in [0.5, 0.6) is 0 Å². The zero-order valence-corrected chi connectivity index (χ0v) is 27.1. The van der Waals surface area contributed by atoms with Gasteiger partial charge in [-0.25, -0.2) is 9.48 Å². The standard InChI is InChI=1S/C37H44N6O2/c1-25-10-14-29(37(2,3)4)23-32(25)43-34(16-17-38-43)39-36(45)40-35-30-9-7-6-8-26(30)13-15-31(35)27-11-12-28(33(44)22-27)24-42-20-18-41(5)19-21-42/h6-10,13-17,22-23,28H,11-12,18-21,24H2,1-5H3,(H2,39,40,45). The molecule has 1 saturated heterocycles. The highest BCUT2D eigenvalue weighted by Gasteiger charge is 2.28. The van der Waals surface area contributed by atoms with E-state index >= 15 is 0 Å². The van der Waals surface area contributed by atoms with Crippen LogP contribution in [-0.4, -0.2) is 71.2 Å². The Morgan fingerprint density at radius 1 is 0.978 bits per heavy atom. The molecule has 45 heavy (non-hydrogen) atoms. The molecule has 2 N–H and O–H groups in total. The van der Waals surface area contributed by atoms with Crippen molar-refractivity contribution in [1.82, 2.24) is 19.6 Å². The van der Waals surface area contributed by atoms with Gasteiger partial charge in [0.05, 0.1) is 17.6 Å². The van der Waals surface area contributed by atoms with Gasteiger partial charge >= 0.3 is 6.03 Å². The number of aryl methyl sites for hydroxylation is 1. The Balaban J connectivity index is 1.25. The van der Waals surface area contributed by atoms with Gasteiger partial charge in [0.2, 0.25) is 0 Å². The molecule has 4 aromatic rings. The van der Waals surface area contributed by atoms with Gasteiger partial charge in [-0.1, -0.05) is 69.3 Å². The van der Waals surface area contributed by atoms with E-state index in [4.69, 9.17) is 0 Å². The van der Waals surface area contributed by atoms with Gasteiger partial charge in [0.15, 0.2) is 5.78 Å². The number of allylic oxidation sites excluding steroid dienone is 2. The number of aromatic nitrogens is 2. The van der Waals surface area contributed by atoms with Crippen LogP contribution in [0.4, 0.5) is 16.3 Å². The predicted molar refractivity (Wildman–Crippen MR) is 183 cm³/mol. The van der Waals surface area contributed by atoms with Crippen LogP contribution in [-0.2, 0) is 10.2 Å². The Morgan fingerprint density at radius 2 is 1.76 bits per heavy atom. The highest BCUT2D eigenvalue weighted by atomic mass is 16.2. The first-order chi connectivity index (χ1) is 21.6. The van der Waals surface area contributed by atoms with Crippen molar-refractivity contribution in [2.24, 2.45) is 5.92 Å². The normalized spacial score (nSPS) is 18.2. The van der Waals surface area contributed by atoms with Crippen LogP contribution in [0, 0.1) is 12.8 Å². The summed E-state index contributed by atoms with van der Waals surface area (Å²) < 4.78 is 1.77. The Hall–Kier alpha value is -4.27. The van der Waals surface area contributed by atoms with Gasteiger partial charge in [-0.3, -0.25) is 10.1 Å². The predicted octanol–water partition coefficient (Wildman–Crippen LogP) is 6.89. The first-order valence-corrected chi connectivity index (χ1v) is 16.0. The molecule has 0 radical (unpaired) electrons. The molecule has 1 atom stereocenters.